The second-order valence-electron chi connectivity index (χ2n) is 25.4. The van der Waals surface area contributed by atoms with E-state index >= 15 is 0 Å². The topological polar surface area (TPSA) is 6.48 Å². The van der Waals surface area contributed by atoms with E-state index < -0.39 is 0 Å². The average molecular weight is 993 g/mol. The molecule has 5 aliphatic carbocycles. The van der Waals surface area contributed by atoms with Crippen LogP contribution in [0.3, 0.4) is 0 Å². The number of fused-ring (bicyclic) bond motifs is 15. The first kappa shape index (κ1) is 46.1. The number of rotatable bonds is 6. The van der Waals surface area contributed by atoms with Gasteiger partial charge in [-0.15, -0.1) is 0 Å². The highest BCUT2D eigenvalue weighted by Gasteiger charge is 2.42. The minimum absolute atomic E-state index is 0.0814. The molecular weight excluding hydrogens is 929 g/mol. The molecule has 0 N–H and O–H groups in total. The van der Waals surface area contributed by atoms with Crippen molar-refractivity contribution in [3.63, 3.8) is 0 Å². The van der Waals surface area contributed by atoms with Crippen LogP contribution in [0, 0.1) is 0 Å². The summed E-state index contributed by atoms with van der Waals surface area (Å²) in [7, 11) is 0. The van der Waals surface area contributed by atoms with E-state index in [2.05, 4.69) is 285 Å². The molecule has 2 nitrogen and oxygen atoms in total. The van der Waals surface area contributed by atoms with Gasteiger partial charge in [-0.2, -0.15) is 0 Å². The van der Waals surface area contributed by atoms with Crippen molar-refractivity contribution in [3.8, 4) is 55.6 Å². The van der Waals surface area contributed by atoms with Gasteiger partial charge in [0.05, 0.1) is 0 Å². The number of hydrogen-bond donors (Lipinski definition) is 0. The van der Waals surface area contributed by atoms with E-state index in [0.717, 1.165) is 22.7 Å². The van der Waals surface area contributed by atoms with Crippen LogP contribution in [0.2, 0.25) is 0 Å². The molecule has 0 aromatic heterocycles. The van der Waals surface area contributed by atoms with Crippen molar-refractivity contribution < 1.29 is 0 Å². The predicted octanol–water partition coefficient (Wildman–Crippen LogP) is 20.2. The second-order valence-corrected chi connectivity index (χ2v) is 25.4. The quantitative estimate of drug-likeness (QED) is 0.164. The lowest BCUT2D eigenvalue weighted by molar-refractivity contribution is 0.659. The third-order valence-electron chi connectivity index (χ3n) is 19.5. The molecule has 77 heavy (non-hydrogen) atoms. The number of hydrogen-bond acceptors (Lipinski definition) is 2. The van der Waals surface area contributed by atoms with Gasteiger partial charge in [0, 0.05) is 61.2 Å². The van der Waals surface area contributed by atoms with Gasteiger partial charge >= 0.3 is 0 Å². The fourth-order valence-corrected chi connectivity index (χ4v) is 15.2. The van der Waals surface area contributed by atoms with Crippen LogP contribution >= 0.6 is 0 Å². The maximum atomic E-state index is 2.53. The van der Waals surface area contributed by atoms with Crippen LogP contribution in [-0.4, -0.2) is 0 Å². The zero-order valence-electron chi connectivity index (χ0n) is 46.0. The molecule has 0 unspecified atom stereocenters. The molecule has 10 aromatic rings. The minimum atomic E-state index is -0.307. The third-order valence-corrected chi connectivity index (χ3v) is 19.5. The van der Waals surface area contributed by atoms with Gasteiger partial charge < -0.3 is 9.80 Å². The van der Waals surface area contributed by atoms with Gasteiger partial charge in [0.25, 0.3) is 0 Å². The Morgan fingerprint density at radius 2 is 0.377 bits per heavy atom. The lowest BCUT2D eigenvalue weighted by Gasteiger charge is -2.31. The first-order valence-electron chi connectivity index (χ1n) is 27.8. The van der Waals surface area contributed by atoms with Gasteiger partial charge in [0.1, 0.15) is 0 Å². The summed E-state index contributed by atoms with van der Waals surface area (Å²) in [5, 5.41) is 0. The van der Waals surface area contributed by atoms with E-state index in [1.165, 1.54) is 123 Å². The zero-order chi connectivity index (χ0) is 52.7. The van der Waals surface area contributed by atoms with Crippen molar-refractivity contribution in [2.45, 2.75) is 96.3 Å². The van der Waals surface area contributed by atoms with Crippen LogP contribution in [0.15, 0.2) is 206 Å². The van der Waals surface area contributed by atoms with Crippen molar-refractivity contribution in [3.05, 3.63) is 262 Å². The largest absolute Gasteiger partial charge is 0.310 e. The van der Waals surface area contributed by atoms with Crippen LogP contribution in [0.4, 0.5) is 34.1 Å². The van der Waals surface area contributed by atoms with Crippen molar-refractivity contribution >= 4 is 34.1 Å². The van der Waals surface area contributed by atoms with Gasteiger partial charge in [0.15, 0.2) is 0 Å². The Kier molecular flexibility index (Phi) is 9.27. The smallest absolute Gasteiger partial charge is 0.0468 e. The summed E-state index contributed by atoms with van der Waals surface area (Å²) in [6.45, 7) is 23.9. The molecule has 0 saturated heterocycles. The number of benzene rings is 10. The average Bonchev–Trinajstić information content (AvgIpc) is 4.19. The van der Waals surface area contributed by atoms with Gasteiger partial charge in [-0.25, -0.2) is 0 Å². The summed E-state index contributed by atoms with van der Waals surface area (Å²) in [5.74, 6) is 0. The fourth-order valence-electron chi connectivity index (χ4n) is 15.2. The standard InChI is InChI=1S/C75H64N2/c1-71(2)63-25-17-13-21-53(63)59-39-45(31-37-65(59)71)76(46-32-38-66-60(40-46)54-22-14-18-26-64(54)72(66,3)4)47-29-35-57-58-36-30-50(44-70(58)75(9,10)69(57)43-47)77(48-27-33-55-51-19-11-15-23-61(51)73(5,6)67(55)41-48)49-28-34-56-52-20-12-16-24-62(52)74(7,8)68(56)42-49/h11-44H,1-10H3. The zero-order valence-corrected chi connectivity index (χ0v) is 46.0. The molecule has 0 bridgehead atoms. The van der Waals surface area contributed by atoms with E-state index in [9.17, 15) is 0 Å². The SMILES string of the molecule is CC1(C)c2ccccc2-c2cc(N(c3ccc4c(c3)-c3ccccc3C4(C)C)c3ccc4c(c3)C(C)(C)c3cc(N(c5ccc6c(c5)C(C)(C)c5ccccc5-6)c5ccc6c(c5)C(C)(C)c5ccccc5-6)ccc3-4)ccc21. The van der Waals surface area contributed by atoms with Gasteiger partial charge in [-0.1, -0.05) is 203 Å². The molecule has 15 rings (SSSR count). The van der Waals surface area contributed by atoms with Crippen LogP contribution in [0.25, 0.3) is 55.6 Å². The van der Waals surface area contributed by atoms with Crippen LogP contribution in [0.1, 0.15) is 125 Å². The number of anilines is 6. The number of nitrogens with zero attached hydrogens (tertiary/aromatic N) is 2. The molecule has 5 aliphatic rings. The molecule has 0 radical (unpaired) electrons. The maximum Gasteiger partial charge on any atom is 0.0468 e. The summed E-state index contributed by atoms with van der Waals surface area (Å²) >= 11 is 0. The Morgan fingerprint density at radius 3 is 0.675 bits per heavy atom. The summed E-state index contributed by atoms with van der Waals surface area (Å²) in [4.78, 5) is 5.06. The van der Waals surface area contributed by atoms with Gasteiger partial charge in [0.2, 0.25) is 0 Å². The van der Waals surface area contributed by atoms with Crippen molar-refractivity contribution in [2.75, 3.05) is 9.80 Å². The Balaban J connectivity index is 0.878. The summed E-state index contributed by atoms with van der Waals surface area (Å²) < 4.78 is 0. The monoisotopic (exact) mass is 993 g/mol. The highest BCUT2D eigenvalue weighted by Crippen LogP contribution is 2.58. The van der Waals surface area contributed by atoms with Crippen molar-refractivity contribution in [1.29, 1.82) is 0 Å². The molecule has 0 spiro atoms. The molecular formula is C75H64N2. The summed E-state index contributed by atoms with van der Waals surface area (Å²) in [6.07, 6.45) is 0. The van der Waals surface area contributed by atoms with Crippen LogP contribution in [-0.2, 0) is 27.1 Å². The van der Waals surface area contributed by atoms with Gasteiger partial charge in [-0.3, -0.25) is 0 Å². The molecule has 2 heteroatoms. The van der Waals surface area contributed by atoms with Crippen molar-refractivity contribution in [1.82, 2.24) is 0 Å². The van der Waals surface area contributed by atoms with Crippen molar-refractivity contribution in [2.24, 2.45) is 0 Å². The molecule has 10 aromatic carbocycles. The minimum Gasteiger partial charge on any atom is -0.310 e. The Morgan fingerprint density at radius 1 is 0.182 bits per heavy atom. The Labute approximate surface area is 455 Å². The molecule has 0 atom stereocenters. The lowest BCUT2D eigenvalue weighted by atomic mass is 9.81. The lowest BCUT2D eigenvalue weighted by Crippen LogP contribution is -2.19. The normalized spacial score (nSPS) is 16.7. The van der Waals surface area contributed by atoms with E-state index in [0.29, 0.717) is 0 Å². The summed E-state index contributed by atoms with van der Waals surface area (Å²) in [6, 6.07) is 79.4. The Bertz CT molecular complexity index is 4000. The highest BCUT2D eigenvalue weighted by atomic mass is 15.1. The third kappa shape index (κ3) is 6.19. The fraction of sp³-hybridized carbons (Fsp3) is 0.200. The molecule has 0 aliphatic heterocycles. The highest BCUT2D eigenvalue weighted by molar-refractivity contribution is 5.94. The first-order chi connectivity index (χ1) is 37.0. The Hall–Kier alpha value is -8.20. The van der Waals surface area contributed by atoms with Crippen LogP contribution < -0.4 is 9.80 Å². The molecule has 0 fully saturated rings. The van der Waals surface area contributed by atoms with Crippen LogP contribution in [0.5, 0.6) is 0 Å². The van der Waals surface area contributed by atoms with E-state index in [1.807, 2.05) is 0 Å². The second kappa shape index (κ2) is 15.5. The molecule has 0 heterocycles. The van der Waals surface area contributed by atoms with E-state index in [1.54, 1.807) is 0 Å². The molecule has 374 valence electrons. The maximum absolute atomic E-state index is 2.53. The molecule has 0 saturated carbocycles. The summed E-state index contributed by atoms with van der Waals surface area (Å²) in [5.41, 5.74) is 33.2. The van der Waals surface area contributed by atoms with E-state index in [-0.39, 0.29) is 27.1 Å². The first-order valence-corrected chi connectivity index (χ1v) is 27.8. The predicted molar refractivity (Wildman–Crippen MR) is 324 cm³/mol. The van der Waals surface area contributed by atoms with E-state index in [4.69, 9.17) is 0 Å². The van der Waals surface area contributed by atoms with Gasteiger partial charge in [-0.05, 0) is 184 Å². The molecule has 0 amide bonds.